The average molecular weight is 326 g/mol. The van der Waals surface area contributed by atoms with E-state index in [0.717, 1.165) is 24.2 Å². The van der Waals surface area contributed by atoms with Gasteiger partial charge in [-0.1, -0.05) is 17.2 Å². The van der Waals surface area contributed by atoms with Gasteiger partial charge in [0.15, 0.2) is 5.82 Å². The van der Waals surface area contributed by atoms with Gasteiger partial charge in [0, 0.05) is 25.8 Å². The molecule has 3 rings (SSSR count). The molecule has 1 aromatic carbocycles. The highest BCUT2D eigenvalue weighted by molar-refractivity contribution is 5.71. The number of benzene rings is 1. The van der Waals surface area contributed by atoms with Gasteiger partial charge in [-0.25, -0.2) is 9.50 Å². The fraction of sp³-hybridized carbons (Fsp3) is 0.353. The smallest absolute Gasteiger partial charge is 0.240 e. The van der Waals surface area contributed by atoms with E-state index in [9.17, 15) is 0 Å². The van der Waals surface area contributed by atoms with Crippen LogP contribution in [0.25, 0.3) is 16.9 Å². The second kappa shape index (κ2) is 6.84. The highest BCUT2D eigenvalue weighted by atomic mass is 16.5. The monoisotopic (exact) mass is 326 g/mol. The lowest BCUT2D eigenvalue weighted by Gasteiger charge is -2.10. The SMILES string of the molecule is COCCCNc1ncc(-c2cc(C)cc(C)c2)n2nc(N)nc12. The van der Waals surface area contributed by atoms with Crippen molar-refractivity contribution < 1.29 is 4.74 Å². The summed E-state index contributed by atoms with van der Waals surface area (Å²) in [5, 5.41) is 7.60. The Balaban J connectivity index is 2.01. The molecule has 3 aromatic rings. The summed E-state index contributed by atoms with van der Waals surface area (Å²) < 4.78 is 6.80. The molecule has 0 saturated carbocycles. The Morgan fingerprint density at radius 3 is 2.67 bits per heavy atom. The van der Waals surface area contributed by atoms with Gasteiger partial charge < -0.3 is 15.8 Å². The van der Waals surface area contributed by atoms with Crippen LogP contribution in [0.2, 0.25) is 0 Å². The summed E-state index contributed by atoms with van der Waals surface area (Å²) in [5.74, 6) is 0.900. The Kier molecular flexibility index (Phi) is 4.61. The van der Waals surface area contributed by atoms with Crippen LogP contribution in [0.1, 0.15) is 17.5 Å². The van der Waals surface area contributed by atoms with Gasteiger partial charge in [-0.2, -0.15) is 4.98 Å². The molecule has 0 unspecified atom stereocenters. The minimum Gasteiger partial charge on any atom is -0.385 e. The van der Waals surface area contributed by atoms with Crippen LogP contribution in [0.15, 0.2) is 24.4 Å². The molecule has 2 heterocycles. The minimum absolute atomic E-state index is 0.230. The first-order chi connectivity index (χ1) is 11.6. The maximum Gasteiger partial charge on any atom is 0.240 e. The number of nitrogens with zero attached hydrogens (tertiary/aromatic N) is 4. The van der Waals surface area contributed by atoms with Crippen LogP contribution < -0.4 is 11.1 Å². The third-order valence-electron chi connectivity index (χ3n) is 3.71. The lowest BCUT2D eigenvalue weighted by molar-refractivity contribution is 0.198. The van der Waals surface area contributed by atoms with Gasteiger partial charge in [0.05, 0.1) is 11.9 Å². The molecule has 7 heteroatoms. The summed E-state index contributed by atoms with van der Waals surface area (Å²) in [6.45, 7) is 5.58. The molecule has 0 aliphatic rings. The van der Waals surface area contributed by atoms with Crippen molar-refractivity contribution in [3.63, 3.8) is 0 Å². The zero-order chi connectivity index (χ0) is 17.1. The standard InChI is InChI=1S/C17H22N6O/c1-11-7-12(2)9-13(8-11)14-10-20-15(19-5-4-6-24-3)16-21-17(18)22-23(14)16/h7-10H,4-6H2,1-3H3,(H2,18,22)(H,19,20). The zero-order valence-electron chi connectivity index (χ0n) is 14.2. The largest absolute Gasteiger partial charge is 0.385 e. The maximum atomic E-state index is 5.82. The number of rotatable bonds is 6. The predicted molar refractivity (Wildman–Crippen MR) is 95.1 cm³/mol. The zero-order valence-corrected chi connectivity index (χ0v) is 14.2. The van der Waals surface area contributed by atoms with E-state index in [1.54, 1.807) is 17.8 Å². The summed E-state index contributed by atoms with van der Waals surface area (Å²) in [6.07, 6.45) is 2.68. The van der Waals surface area contributed by atoms with Gasteiger partial charge in [0.2, 0.25) is 11.6 Å². The second-order valence-electron chi connectivity index (χ2n) is 5.85. The summed E-state index contributed by atoms with van der Waals surface area (Å²) in [5.41, 5.74) is 10.7. The minimum atomic E-state index is 0.230. The molecule has 0 saturated heterocycles. The van der Waals surface area contributed by atoms with Crippen molar-refractivity contribution in [2.24, 2.45) is 0 Å². The van der Waals surface area contributed by atoms with E-state index in [-0.39, 0.29) is 5.95 Å². The summed E-state index contributed by atoms with van der Waals surface area (Å²) in [6, 6.07) is 6.34. The quantitative estimate of drug-likeness (QED) is 0.676. The lowest BCUT2D eigenvalue weighted by atomic mass is 10.1. The molecule has 2 aromatic heterocycles. The van der Waals surface area contributed by atoms with Crippen molar-refractivity contribution in [2.75, 3.05) is 31.3 Å². The number of nitrogens with one attached hydrogen (secondary N) is 1. The number of anilines is 2. The van der Waals surface area contributed by atoms with Crippen molar-refractivity contribution in [3.05, 3.63) is 35.5 Å². The Labute approximate surface area is 140 Å². The highest BCUT2D eigenvalue weighted by Gasteiger charge is 2.13. The molecule has 0 aliphatic carbocycles. The summed E-state index contributed by atoms with van der Waals surface area (Å²) >= 11 is 0. The Bertz CT molecular complexity index is 837. The lowest BCUT2D eigenvalue weighted by Crippen LogP contribution is -2.08. The molecule has 0 aliphatic heterocycles. The van der Waals surface area contributed by atoms with Gasteiger partial charge in [0.25, 0.3) is 0 Å². The van der Waals surface area contributed by atoms with Crippen LogP contribution in [-0.2, 0) is 4.74 Å². The number of methoxy groups -OCH3 is 1. The van der Waals surface area contributed by atoms with E-state index >= 15 is 0 Å². The van der Waals surface area contributed by atoms with Crippen molar-refractivity contribution >= 4 is 17.4 Å². The second-order valence-corrected chi connectivity index (χ2v) is 5.85. The molecule has 7 nitrogen and oxygen atoms in total. The third-order valence-corrected chi connectivity index (χ3v) is 3.71. The number of hydrogen-bond acceptors (Lipinski definition) is 6. The summed E-state index contributed by atoms with van der Waals surface area (Å²) in [4.78, 5) is 8.84. The van der Waals surface area contributed by atoms with Crippen LogP contribution in [0.5, 0.6) is 0 Å². The molecule has 126 valence electrons. The molecule has 0 atom stereocenters. The number of nitrogens with two attached hydrogens (primary N) is 1. The maximum absolute atomic E-state index is 5.82. The van der Waals surface area contributed by atoms with E-state index < -0.39 is 0 Å². The Morgan fingerprint density at radius 2 is 1.96 bits per heavy atom. The van der Waals surface area contributed by atoms with Gasteiger partial charge in [-0.15, -0.1) is 5.10 Å². The van der Waals surface area contributed by atoms with Crippen LogP contribution in [0, 0.1) is 13.8 Å². The number of fused-ring (bicyclic) bond motifs is 1. The first kappa shape index (κ1) is 16.2. The fourth-order valence-corrected chi connectivity index (χ4v) is 2.75. The Morgan fingerprint density at radius 1 is 1.21 bits per heavy atom. The molecule has 0 spiro atoms. The predicted octanol–water partition coefficient (Wildman–Crippen LogP) is 2.44. The van der Waals surface area contributed by atoms with Crippen LogP contribution >= 0.6 is 0 Å². The van der Waals surface area contributed by atoms with Gasteiger partial charge in [-0.3, -0.25) is 0 Å². The van der Waals surface area contributed by atoms with E-state index in [4.69, 9.17) is 10.5 Å². The fourth-order valence-electron chi connectivity index (χ4n) is 2.75. The van der Waals surface area contributed by atoms with Gasteiger partial charge in [0.1, 0.15) is 0 Å². The topological polar surface area (TPSA) is 90.4 Å². The number of aromatic nitrogens is 4. The molecular formula is C17H22N6O. The normalized spacial score (nSPS) is 11.1. The van der Waals surface area contributed by atoms with E-state index in [1.807, 2.05) is 0 Å². The Hall–Kier alpha value is -2.67. The van der Waals surface area contributed by atoms with Crippen molar-refractivity contribution in [1.82, 2.24) is 19.6 Å². The van der Waals surface area contributed by atoms with E-state index in [2.05, 4.69) is 52.4 Å². The van der Waals surface area contributed by atoms with Crippen molar-refractivity contribution in [3.8, 4) is 11.3 Å². The molecule has 24 heavy (non-hydrogen) atoms. The molecule has 0 bridgehead atoms. The molecule has 0 fully saturated rings. The van der Waals surface area contributed by atoms with Crippen LogP contribution in [0.3, 0.4) is 0 Å². The van der Waals surface area contributed by atoms with Crippen molar-refractivity contribution in [1.29, 1.82) is 0 Å². The summed E-state index contributed by atoms with van der Waals surface area (Å²) in [7, 11) is 1.69. The highest BCUT2D eigenvalue weighted by Crippen LogP contribution is 2.25. The molecule has 0 radical (unpaired) electrons. The van der Waals surface area contributed by atoms with Crippen LogP contribution in [-0.4, -0.2) is 39.8 Å². The first-order valence-electron chi connectivity index (χ1n) is 7.91. The number of nitrogen functional groups attached to an aromatic ring is 1. The van der Waals surface area contributed by atoms with Crippen molar-refractivity contribution in [2.45, 2.75) is 20.3 Å². The number of aryl methyl sites for hydroxylation is 2. The van der Waals surface area contributed by atoms with Gasteiger partial charge in [-0.05, 0) is 32.4 Å². The van der Waals surface area contributed by atoms with Crippen LogP contribution in [0.4, 0.5) is 11.8 Å². The molecular weight excluding hydrogens is 304 g/mol. The number of ether oxygens (including phenoxy) is 1. The average Bonchev–Trinajstić information content (AvgIpc) is 2.92. The third kappa shape index (κ3) is 3.30. The van der Waals surface area contributed by atoms with E-state index in [0.29, 0.717) is 18.1 Å². The molecule has 0 amide bonds. The van der Waals surface area contributed by atoms with Gasteiger partial charge >= 0.3 is 0 Å². The first-order valence-corrected chi connectivity index (χ1v) is 7.91. The number of hydrogen-bond donors (Lipinski definition) is 2. The van der Waals surface area contributed by atoms with E-state index in [1.165, 1.54) is 11.1 Å². The molecule has 3 N–H and O–H groups in total.